The Bertz CT molecular complexity index is 576. The summed E-state index contributed by atoms with van der Waals surface area (Å²) in [7, 11) is 5.13. The second kappa shape index (κ2) is 4.60. The minimum absolute atomic E-state index is 0.525. The molecule has 18 heavy (non-hydrogen) atoms. The van der Waals surface area contributed by atoms with Crippen molar-refractivity contribution in [2.75, 3.05) is 20.0 Å². The standard InChI is InChI=1S/C13H17N3O2/c1-8-12(16(2)15-13(8)14)10-7-9(17-3)5-6-11(10)18-4/h5-7H,1-4H3,(H2,14,15). The molecule has 1 aromatic carbocycles. The maximum atomic E-state index is 5.84. The van der Waals surface area contributed by atoms with Gasteiger partial charge >= 0.3 is 0 Å². The Morgan fingerprint density at radius 3 is 2.44 bits per heavy atom. The van der Waals surface area contributed by atoms with E-state index in [1.807, 2.05) is 32.2 Å². The molecule has 5 heteroatoms. The highest BCUT2D eigenvalue weighted by atomic mass is 16.5. The van der Waals surface area contributed by atoms with Crippen molar-refractivity contribution in [2.24, 2.45) is 7.05 Å². The average molecular weight is 247 g/mol. The van der Waals surface area contributed by atoms with Crippen LogP contribution in [0.5, 0.6) is 11.5 Å². The molecule has 0 aliphatic rings. The van der Waals surface area contributed by atoms with Crippen LogP contribution in [0.3, 0.4) is 0 Å². The van der Waals surface area contributed by atoms with Crippen LogP contribution in [0.4, 0.5) is 5.82 Å². The van der Waals surface area contributed by atoms with E-state index in [9.17, 15) is 0 Å². The molecule has 0 aliphatic carbocycles. The number of hydrogen-bond donors (Lipinski definition) is 1. The number of ether oxygens (including phenoxy) is 2. The lowest BCUT2D eigenvalue weighted by Crippen LogP contribution is -1.97. The summed E-state index contributed by atoms with van der Waals surface area (Å²) in [5.41, 5.74) is 8.62. The van der Waals surface area contributed by atoms with Crippen molar-refractivity contribution in [2.45, 2.75) is 6.92 Å². The van der Waals surface area contributed by atoms with E-state index in [0.717, 1.165) is 28.3 Å². The number of rotatable bonds is 3. The minimum atomic E-state index is 0.525. The lowest BCUT2D eigenvalue weighted by molar-refractivity contribution is 0.404. The van der Waals surface area contributed by atoms with Crippen LogP contribution < -0.4 is 15.2 Å². The first-order chi connectivity index (χ1) is 8.58. The Morgan fingerprint density at radius 1 is 1.22 bits per heavy atom. The summed E-state index contributed by atoms with van der Waals surface area (Å²) in [6, 6.07) is 5.65. The molecular formula is C13H17N3O2. The van der Waals surface area contributed by atoms with Crippen LogP contribution >= 0.6 is 0 Å². The first-order valence-corrected chi connectivity index (χ1v) is 5.60. The molecule has 0 saturated carbocycles. The van der Waals surface area contributed by atoms with Crippen molar-refractivity contribution in [3.05, 3.63) is 23.8 Å². The van der Waals surface area contributed by atoms with Crippen LogP contribution in [-0.4, -0.2) is 24.0 Å². The van der Waals surface area contributed by atoms with Gasteiger partial charge < -0.3 is 15.2 Å². The summed E-state index contributed by atoms with van der Waals surface area (Å²) in [6.07, 6.45) is 0. The van der Waals surface area contributed by atoms with E-state index < -0.39 is 0 Å². The van der Waals surface area contributed by atoms with Crippen LogP contribution in [0.1, 0.15) is 5.56 Å². The quantitative estimate of drug-likeness (QED) is 0.901. The molecule has 2 rings (SSSR count). The molecule has 5 nitrogen and oxygen atoms in total. The van der Waals surface area contributed by atoms with Crippen molar-refractivity contribution < 1.29 is 9.47 Å². The van der Waals surface area contributed by atoms with Gasteiger partial charge in [0.25, 0.3) is 0 Å². The summed E-state index contributed by atoms with van der Waals surface area (Å²) < 4.78 is 12.4. The molecule has 0 aliphatic heterocycles. The number of nitrogen functional groups attached to an aromatic ring is 1. The predicted octanol–water partition coefficient (Wildman–Crippen LogP) is 1.99. The zero-order valence-corrected chi connectivity index (χ0v) is 11.0. The number of hydrogen-bond acceptors (Lipinski definition) is 4. The number of nitrogens with two attached hydrogens (primary N) is 1. The Kier molecular flexibility index (Phi) is 3.14. The van der Waals surface area contributed by atoms with Gasteiger partial charge in [0.05, 0.1) is 19.9 Å². The SMILES string of the molecule is COc1ccc(OC)c(-c2c(C)c(N)nn2C)c1. The van der Waals surface area contributed by atoms with Crippen LogP contribution in [0, 0.1) is 6.92 Å². The van der Waals surface area contributed by atoms with E-state index in [1.165, 1.54) is 0 Å². The highest BCUT2D eigenvalue weighted by Crippen LogP contribution is 2.36. The molecule has 0 amide bonds. The summed E-state index contributed by atoms with van der Waals surface area (Å²) in [4.78, 5) is 0. The van der Waals surface area contributed by atoms with E-state index >= 15 is 0 Å². The molecule has 0 saturated heterocycles. The monoisotopic (exact) mass is 247 g/mol. The molecule has 0 atom stereocenters. The predicted molar refractivity (Wildman–Crippen MR) is 70.9 cm³/mol. The zero-order chi connectivity index (χ0) is 13.3. The van der Waals surface area contributed by atoms with Gasteiger partial charge in [-0.25, -0.2) is 0 Å². The van der Waals surface area contributed by atoms with Crippen LogP contribution in [0.25, 0.3) is 11.3 Å². The van der Waals surface area contributed by atoms with Crippen molar-refractivity contribution in [3.63, 3.8) is 0 Å². The van der Waals surface area contributed by atoms with Gasteiger partial charge in [0.2, 0.25) is 0 Å². The first-order valence-electron chi connectivity index (χ1n) is 5.60. The van der Waals surface area contributed by atoms with E-state index in [0.29, 0.717) is 5.82 Å². The third kappa shape index (κ3) is 1.88. The molecule has 0 spiro atoms. The van der Waals surface area contributed by atoms with Gasteiger partial charge in [-0.2, -0.15) is 5.10 Å². The van der Waals surface area contributed by atoms with Gasteiger partial charge in [0, 0.05) is 18.2 Å². The molecule has 1 aromatic heterocycles. The Hall–Kier alpha value is -2.17. The van der Waals surface area contributed by atoms with Crippen molar-refractivity contribution >= 4 is 5.82 Å². The summed E-state index contributed by atoms with van der Waals surface area (Å²) in [6.45, 7) is 1.94. The molecular weight excluding hydrogens is 230 g/mol. The van der Waals surface area contributed by atoms with Crippen molar-refractivity contribution in [3.8, 4) is 22.8 Å². The molecule has 1 heterocycles. The van der Waals surface area contributed by atoms with Gasteiger partial charge in [-0.3, -0.25) is 4.68 Å². The molecule has 0 fully saturated rings. The highest BCUT2D eigenvalue weighted by Gasteiger charge is 2.16. The minimum Gasteiger partial charge on any atom is -0.497 e. The second-order valence-electron chi connectivity index (χ2n) is 4.05. The van der Waals surface area contributed by atoms with E-state index in [-0.39, 0.29) is 0 Å². The van der Waals surface area contributed by atoms with Gasteiger partial charge in [0.1, 0.15) is 17.3 Å². The Balaban J connectivity index is 2.68. The highest BCUT2D eigenvalue weighted by molar-refractivity contribution is 5.74. The van der Waals surface area contributed by atoms with Gasteiger partial charge in [0.15, 0.2) is 0 Å². The van der Waals surface area contributed by atoms with Gasteiger partial charge in [-0.1, -0.05) is 0 Å². The fraction of sp³-hybridized carbons (Fsp3) is 0.308. The summed E-state index contributed by atoms with van der Waals surface area (Å²) in [5, 5.41) is 4.22. The fourth-order valence-electron chi connectivity index (χ4n) is 2.03. The van der Waals surface area contributed by atoms with Crippen LogP contribution in [0.15, 0.2) is 18.2 Å². The molecule has 2 N–H and O–H groups in total. The maximum absolute atomic E-state index is 5.84. The number of benzene rings is 1. The molecule has 0 radical (unpaired) electrons. The van der Waals surface area contributed by atoms with E-state index in [2.05, 4.69) is 5.10 Å². The molecule has 96 valence electrons. The third-order valence-corrected chi connectivity index (χ3v) is 2.98. The fourth-order valence-corrected chi connectivity index (χ4v) is 2.03. The third-order valence-electron chi connectivity index (χ3n) is 2.98. The largest absolute Gasteiger partial charge is 0.497 e. The lowest BCUT2D eigenvalue weighted by atomic mass is 10.1. The summed E-state index contributed by atoms with van der Waals surface area (Å²) in [5.74, 6) is 2.06. The smallest absolute Gasteiger partial charge is 0.149 e. The van der Waals surface area contributed by atoms with E-state index in [4.69, 9.17) is 15.2 Å². The summed E-state index contributed by atoms with van der Waals surface area (Å²) >= 11 is 0. The van der Waals surface area contributed by atoms with Crippen LogP contribution in [0.2, 0.25) is 0 Å². The molecule has 0 unspecified atom stereocenters. The van der Waals surface area contributed by atoms with Crippen LogP contribution in [-0.2, 0) is 7.05 Å². The second-order valence-corrected chi connectivity index (χ2v) is 4.05. The number of nitrogens with zero attached hydrogens (tertiary/aromatic N) is 2. The molecule has 2 aromatic rings. The van der Waals surface area contributed by atoms with Crippen molar-refractivity contribution in [1.29, 1.82) is 0 Å². The normalized spacial score (nSPS) is 10.4. The number of aryl methyl sites for hydroxylation is 1. The zero-order valence-electron chi connectivity index (χ0n) is 11.0. The van der Waals surface area contributed by atoms with E-state index in [1.54, 1.807) is 18.9 Å². The lowest BCUT2D eigenvalue weighted by Gasteiger charge is -2.11. The van der Waals surface area contributed by atoms with Gasteiger partial charge in [-0.15, -0.1) is 0 Å². The average Bonchev–Trinajstić information content (AvgIpc) is 2.62. The van der Waals surface area contributed by atoms with Crippen molar-refractivity contribution in [1.82, 2.24) is 9.78 Å². The topological polar surface area (TPSA) is 62.3 Å². The number of methoxy groups -OCH3 is 2. The first kappa shape index (κ1) is 12.3. The number of anilines is 1. The maximum Gasteiger partial charge on any atom is 0.149 e. The van der Waals surface area contributed by atoms with Gasteiger partial charge in [-0.05, 0) is 25.1 Å². The number of aromatic nitrogens is 2. The Morgan fingerprint density at radius 2 is 1.94 bits per heavy atom. The Labute approximate surface area is 106 Å². The molecule has 0 bridgehead atoms.